The zero-order valence-electron chi connectivity index (χ0n) is 21.0. The van der Waals surface area contributed by atoms with Gasteiger partial charge in [0.25, 0.3) is 0 Å². The molecule has 3 heterocycles. The van der Waals surface area contributed by atoms with E-state index in [-0.39, 0.29) is 23.9 Å². The molecule has 0 amide bonds. The van der Waals surface area contributed by atoms with Gasteiger partial charge in [-0.1, -0.05) is 31.5 Å². The number of hydrogen-bond acceptors (Lipinski definition) is 3. The number of aromatic amines is 1. The molecule has 0 spiro atoms. The molecule has 37 heavy (non-hydrogen) atoms. The minimum absolute atomic E-state index is 0.0777. The van der Waals surface area contributed by atoms with E-state index in [2.05, 4.69) is 16.8 Å². The van der Waals surface area contributed by atoms with Crippen molar-refractivity contribution < 1.29 is 26.7 Å². The lowest BCUT2D eigenvalue weighted by atomic mass is 9.88. The van der Waals surface area contributed by atoms with E-state index in [1.807, 2.05) is 24.3 Å². The van der Waals surface area contributed by atoms with Crippen molar-refractivity contribution in [3.63, 3.8) is 0 Å². The average Bonchev–Trinajstić information content (AvgIpc) is 3.17. The van der Waals surface area contributed by atoms with Gasteiger partial charge in [-0.3, -0.25) is 9.80 Å². The molecule has 2 aliphatic heterocycles. The van der Waals surface area contributed by atoms with E-state index in [1.54, 1.807) is 11.8 Å². The normalized spacial score (nSPS) is 21.3. The van der Waals surface area contributed by atoms with E-state index in [1.165, 1.54) is 0 Å². The number of hydrogen-bond donors (Lipinski definition) is 1. The smallest absolute Gasteiger partial charge is 0.390 e. The third-order valence-corrected chi connectivity index (χ3v) is 7.78. The van der Waals surface area contributed by atoms with Gasteiger partial charge in [0.05, 0.1) is 12.5 Å². The maximum atomic E-state index is 15.6. The Morgan fingerprint density at radius 2 is 1.76 bits per heavy atom. The van der Waals surface area contributed by atoms with Crippen LogP contribution in [-0.2, 0) is 6.42 Å². The molecule has 1 saturated heterocycles. The fraction of sp³-hybridized carbons (Fsp3) is 0.500. The van der Waals surface area contributed by atoms with Crippen LogP contribution >= 0.6 is 0 Å². The van der Waals surface area contributed by atoms with Crippen LogP contribution in [0.1, 0.15) is 49.6 Å². The third-order valence-electron chi connectivity index (χ3n) is 7.78. The molecule has 0 aliphatic carbocycles. The highest BCUT2D eigenvalue weighted by atomic mass is 19.4. The van der Waals surface area contributed by atoms with Crippen molar-refractivity contribution in [3.05, 3.63) is 64.9 Å². The molecule has 0 unspecified atom stereocenters. The lowest BCUT2D eigenvalue weighted by Crippen LogP contribution is -2.47. The van der Waals surface area contributed by atoms with E-state index >= 15 is 8.78 Å². The largest absolute Gasteiger partial charge is 0.492 e. The van der Waals surface area contributed by atoms with Gasteiger partial charge >= 0.3 is 6.18 Å². The monoisotopic (exact) mass is 521 g/mol. The fourth-order valence-corrected chi connectivity index (χ4v) is 5.74. The minimum Gasteiger partial charge on any atom is -0.492 e. The quantitative estimate of drug-likeness (QED) is 0.346. The molecule has 5 rings (SSSR count). The number of nitrogens with zero attached hydrogens (tertiary/aromatic N) is 2. The van der Waals surface area contributed by atoms with Crippen molar-refractivity contribution in [2.24, 2.45) is 5.92 Å². The van der Waals surface area contributed by atoms with Crippen LogP contribution in [0.3, 0.4) is 0 Å². The number of H-pyrrole nitrogens is 1. The molecule has 2 atom stereocenters. The molecule has 3 aromatic rings. The third kappa shape index (κ3) is 5.34. The highest BCUT2D eigenvalue weighted by molar-refractivity contribution is 5.85. The second-order valence-electron chi connectivity index (χ2n) is 10.3. The van der Waals surface area contributed by atoms with Crippen LogP contribution in [0.15, 0.2) is 36.4 Å². The van der Waals surface area contributed by atoms with Crippen LogP contribution in [0, 0.1) is 17.6 Å². The Morgan fingerprint density at radius 1 is 1.05 bits per heavy atom. The number of fused-ring (bicyclic) bond motifs is 3. The maximum Gasteiger partial charge on any atom is 0.390 e. The van der Waals surface area contributed by atoms with Gasteiger partial charge in [0.2, 0.25) is 0 Å². The standard InChI is InChI=1S/C28H32F5N3O/c1-3-18-15-35(16-18)10-11-37-19-13-22(29)25(23(30)14-19)27-26-21(20-6-4-5-7-24(20)34-26)12-17(2)36(27)9-8-28(31,32)33/h4-7,13-14,17-18,27,34H,3,8-12,15-16H2,1-2H3/t17-,27-/m1/s1. The molecule has 2 aliphatic rings. The highest BCUT2D eigenvalue weighted by Crippen LogP contribution is 2.43. The lowest BCUT2D eigenvalue weighted by Gasteiger charge is -2.41. The number of benzene rings is 2. The van der Waals surface area contributed by atoms with Gasteiger partial charge < -0.3 is 9.72 Å². The number of aromatic nitrogens is 1. The lowest BCUT2D eigenvalue weighted by molar-refractivity contribution is -0.140. The van der Waals surface area contributed by atoms with E-state index in [9.17, 15) is 13.2 Å². The van der Waals surface area contributed by atoms with E-state index < -0.39 is 30.3 Å². The summed E-state index contributed by atoms with van der Waals surface area (Å²) in [7, 11) is 0. The molecular formula is C28H32F5N3O. The van der Waals surface area contributed by atoms with Crippen LogP contribution < -0.4 is 4.74 Å². The van der Waals surface area contributed by atoms with E-state index in [0.29, 0.717) is 31.2 Å². The molecule has 9 heteroatoms. The van der Waals surface area contributed by atoms with Crippen LogP contribution in [0.5, 0.6) is 5.75 Å². The summed E-state index contributed by atoms with van der Waals surface area (Å²) in [6.07, 6.45) is -3.84. The second-order valence-corrected chi connectivity index (χ2v) is 10.3. The minimum atomic E-state index is -4.38. The molecule has 1 N–H and O–H groups in total. The Balaban J connectivity index is 1.45. The first-order chi connectivity index (χ1) is 17.6. The maximum absolute atomic E-state index is 15.6. The Morgan fingerprint density at radius 3 is 2.43 bits per heavy atom. The predicted molar refractivity (Wildman–Crippen MR) is 133 cm³/mol. The molecule has 0 bridgehead atoms. The number of para-hydroxylation sites is 1. The number of likely N-dealkylation sites (tertiary alicyclic amines) is 1. The first-order valence-electron chi connectivity index (χ1n) is 12.9. The predicted octanol–water partition coefficient (Wildman–Crippen LogP) is 6.46. The Bertz CT molecular complexity index is 1230. The summed E-state index contributed by atoms with van der Waals surface area (Å²) in [5.41, 5.74) is 1.95. The van der Waals surface area contributed by atoms with Crippen LogP contribution in [0.25, 0.3) is 10.9 Å². The van der Waals surface area contributed by atoms with E-state index in [4.69, 9.17) is 4.74 Å². The summed E-state index contributed by atoms with van der Waals surface area (Å²) >= 11 is 0. The van der Waals surface area contributed by atoms with Crippen molar-refractivity contribution in [2.45, 2.75) is 51.4 Å². The van der Waals surface area contributed by atoms with Crippen molar-refractivity contribution in [2.75, 3.05) is 32.8 Å². The van der Waals surface area contributed by atoms with Crippen LogP contribution in [-0.4, -0.2) is 59.8 Å². The Hall–Kier alpha value is -2.65. The number of nitrogens with one attached hydrogen (secondary N) is 1. The summed E-state index contributed by atoms with van der Waals surface area (Å²) in [6.45, 7) is 6.58. The Labute approximate surface area is 213 Å². The molecule has 2 aromatic carbocycles. The SMILES string of the molecule is CCC1CN(CCOc2cc(F)c([C@@H]3c4[nH]c5ccccc5c4C[C@@H](C)N3CCC(F)(F)F)c(F)c2)C1. The van der Waals surface area contributed by atoms with Gasteiger partial charge in [-0.05, 0) is 30.9 Å². The van der Waals surface area contributed by atoms with Crippen molar-refractivity contribution in [1.82, 2.24) is 14.8 Å². The highest BCUT2D eigenvalue weighted by Gasteiger charge is 2.40. The molecule has 4 nitrogen and oxygen atoms in total. The first-order valence-corrected chi connectivity index (χ1v) is 12.9. The molecular weight excluding hydrogens is 489 g/mol. The second kappa shape index (κ2) is 10.3. The van der Waals surface area contributed by atoms with Crippen molar-refractivity contribution in [3.8, 4) is 5.75 Å². The van der Waals surface area contributed by atoms with Gasteiger partial charge in [-0.2, -0.15) is 13.2 Å². The topological polar surface area (TPSA) is 31.5 Å². The van der Waals surface area contributed by atoms with Gasteiger partial charge in [0, 0.05) is 66.5 Å². The average molecular weight is 522 g/mol. The number of alkyl halides is 3. The zero-order chi connectivity index (χ0) is 26.3. The number of ether oxygens (including phenoxy) is 1. The summed E-state index contributed by atoms with van der Waals surface area (Å²) in [4.78, 5) is 7.04. The van der Waals surface area contributed by atoms with Crippen molar-refractivity contribution >= 4 is 10.9 Å². The summed E-state index contributed by atoms with van der Waals surface area (Å²) < 4.78 is 76.4. The summed E-state index contributed by atoms with van der Waals surface area (Å²) in [6, 6.07) is 8.43. The molecule has 1 aromatic heterocycles. The summed E-state index contributed by atoms with van der Waals surface area (Å²) in [5.74, 6) is -0.882. The zero-order valence-corrected chi connectivity index (χ0v) is 21.0. The van der Waals surface area contributed by atoms with Gasteiger partial charge in [0.15, 0.2) is 0 Å². The van der Waals surface area contributed by atoms with E-state index in [0.717, 1.165) is 48.1 Å². The van der Waals surface area contributed by atoms with Gasteiger partial charge in [0.1, 0.15) is 24.0 Å². The van der Waals surface area contributed by atoms with Crippen LogP contribution in [0.2, 0.25) is 0 Å². The number of halogens is 5. The fourth-order valence-electron chi connectivity index (χ4n) is 5.74. The van der Waals surface area contributed by atoms with Crippen molar-refractivity contribution in [1.29, 1.82) is 0 Å². The van der Waals surface area contributed by atoms with Gasteiger partial charge in [-0.25, -0.2) is 8.78 Å². The molecule has 1 fully saturated rings. The Kier molecular flexibility index (Phi) is 7.20. The van der Waals surface area contributed by atoms with Gasteiger partial charge in [-0.15, -0.1) is 0 Å². The molecule has 0 saturated carbocycles. The number of rotatable bonds is 8. The molecule has 0 radical (unpaired) electrons. The first kappa shape index (κ1) is 26.0. The molecule has 200 valence electrons. The summed E-state index contributed by atoms with van der Waals surface area (Å²) in [5, 5.41) is 0.918. The van der Waals surface area contributed by atoms with Crippen LogP contribution in [0.4, 0.5) is 22.0 Å².